The maximum absolute atomic E-state index is 12.7. The second-order valence-corrected chi connectivity index (χ2v) is 5.82. The molecule has 3 rings (SSSR count). The monoisotopic (exact) mass is 328 g/mol. The first kappa shape index (κ1) is 15.7. The molecule has 124 valence electrons. The first-order chi connectivity index (χ1) is 11.3. The lowest BCUT2D eigenvalue weighted by atomic mass is 10.0. The fourth-order valence-corrected chi connectivity index (χ4v) is 2.65. The van der Waals surface area contributed by atoms with Gasteiger partial charge < -0.3 is 24.8 Å². The number of hydrogen-bond donors (Lipinski definition) is 4. The van der Waals surface area contributed by atoms with Gasteiger partial charge in [-0.05, 0) is 25.8 Å². The van der Waals surface area contributed by atoms with E-state index in [4.69, 9.17) is 4.42 Å². The molecule has 0 amide bonds. The second-order valence-electron chi connectivity index (χ2n) is 5.82. The van der Waals surface area contributed by atoms with Gasteiger partial charge in [-0.15, -0.1) is 6.58 Å². The fraction of sp³-hybridized carbons (Fsp3) is 0.167. The van der Waals surface area contributed by atoms with E-state index in [0.717, 1.165) is 23.8 Å². The molecule has 0 saturated carbocycles. The Morgan fingerprint density at radius 1 is 1.04 bits per heavy atom. The molecule has 3 aromatic rings. The third-order valence-electron chi connectivity index (χ3n) is 3.90. The van der Waals surface area contributed by atoms with Gasteiger partial charge in [0.25, 0.3) is 0 Å². The van der Waals surface area contributed by atoms with Crippen LogP contribution in [0, 0.1) is 0 Å². The molecule has 0 spiro atoms. The van der Waals surface area contributed by atoms with E-state index in [1.807, 2.05) is 6.92 Å². The summed E-state index contributed by atoms with van der Waals surface area (Å²) >= 11 is 0. The lowest BCUT2D eigenvalue weighted by Crippen LogP contribution is -2.04. The highest BCUT2D eigenvalue weighted by Crippen LogP contribution is 2.37. The van der Waals surface area contributed by atoms with Crippen LogP contribution in [0.3, 0.4) is 0 Å². The van der Waals surface area contributed by atoms with Crippen LogP contribution in [-0.2, 0) is 6.42 Å². The summed E-state index contributed by atoms with van der Waals surface area (Å²) in [5, 5.41) is 39.3. The molecule has 0 saturated heterocycles. The number of rotatable bonds is 3. The average Bonchev–Trinajstić information content (AvgIpc) is 2.48. The van der Waals surface area contributed by atoms with Crippen LogP contribution in [0.15, 0.2) is 39.6 Å². The molecule has 6 heteroatoms. The van der Waals surface area contributed by atoms with Crippen molar-refractivity contribution >= 4 is 21.9 Å². The van der Waals surface area contributed by atoms with E-state index in [9.17, 15) is 25.2 Å². The first-order valence-electron chi connectivity index (χ1n) is 7.30. The predicted molar refractivity (Wildman–Crippen MR) is 89.8 cm³/mol. The number of benzene rings is 2. The number of aryl methyl sites for hydroxylation is 1. The number of aromatic hydroxyl groups is 4. The van der Waals surface area contributed by atoms with Gasteiger partial charge in [-0.25, -0.2) is 0 Å². The molecule has 1 aromatic heterocycles. The quantitative estimate of drug-likeness (QED) is 0.333. The summed E-state index contributed by atoms with van der Waals surface area (Å²) in [5.74, 6) is -1.50. The van der Waals surface area contributed by atoms with Crippen LogP contribution in [0.4, 0.5) is 0 Å². The molecule has 0 aliphatic heterocycles. The zero-order chi connectivity index (χ0) is 17.6. The Kier molecular flexibility index (Phi) is 3.60. The van der Waals surface area contributed by atoms with E-state index in [1.54, 1.807) is 0 Å². The molecule has 24 heavy (non-hydrogen) atoms. The minimum Gasteiger partial charge on any atom is -0.507 e. The van der Waals surface area contributed by atoms with Crippen molar-refractivity contribution in [3.05, 3.63) is 46.1 Å². The Labute approximate surface area is 136 Å². The highest BCUT2D eigenvalue weighted by molar-refractivity contribution is 5.96. The van der Waals surface area contributed by atoms with Crippen molar-refractivity contribution in [1.82, 2.24) is 0 Å². The standard InChI is InChI=1S/C18H16O6/c1-8(2)3-4-9-11(19)6-14(22)16-17(23)10-5-12(20)13(21)7-15(10)24-18(9)16/h5-7,19-22H,1,3-4H2,2H3. The summed E-state index contributed by atoms with van der Waals surface area (Å²) in [4.78, 5) is 12.7. The predicted octanol–water partition coefficient (Wildman–Crippen LogP) is 3.28. The first-order valence-corrected chi connectivity index (χ1v) is 7.30. The second kappa shape index (κ2) is 5.49. The Morgan fingerprint density at radius 2 is 1.71 bits per heavy atom. The van der Waals surface area contributed by atoms with Gasteiger partial charge in [-0.2, -0.15) is 0 Å². The fourth-order valence-electron chi connectivity index (χ4n) is 2.65. The molecule has 0 bridgehead atoms. The van der Waals surface area contributed by atoms with E-state index in [0.29, 0.717) is 18.4 Å². The topological polar surface area (TPSA) is 111 Å². The molecule has 0 atom stereocenters. The molecule has 0 radical (unpaired) electrons. The molecule has 2 aromatic carbocycles. The summed E-state index contributed by atoms with van der Waals surface area (Å²) in [5.41, 5.74) is 0.801. The molecule has 1 heterocycles. The number of hydrogen-bond acceptors (Lipinski definition) is 6. The molecule has 0 fully saturated rings. The third-order valence-corrected chi connectivity index (χ3v) is 3.90. The van der Waals surface area contributed by atoms with Gasteiger partial charge in [0.2, 0.25) is 5.43 Å². The van der Waals surface area contributed by atoms with Gasteiger partial charge in [0, 0.05) is 17.7 Å². The Bertz CT molecular complexity index is 1050. The minimum atomic E-state index is -0.560. The van der Waals surface area contributed by atoms with Crippen LogP contribution in [-0.4, -0.2) is 20.4 Å². The zero-order valence-electron chi connectivity index (χ0n) is 13.0. The summed E-state index contributed by atoms with van der Waals surface area (Å²) in [6.45, 7) is 5.64. The Hall–Kier alpha value is -3.15. The van der Waals surface area contributed by atoms with E-state index in [-0.39, 0.29) is 27.7 Å². The van der Waals surface area contributed by atoms with Gasteiger partial charge in [-0.1, -0.05) is 5.57 Å². The zero-order valence-corrected chi connectivity index (χ0v) is 13.0. The average molecular weight is 328 g/mol. The lowest BCUT2D eigenvalue weighted by Gasteiger charge is -2.11. The van der Waals surface area contributed by atoms with Crippen LogP contribution >= 0.6 is 0 Å². The smallest absolute Gasteiger partial charge is 0.204 e. The van der Waals surface area contributed by atoms with Crippen molar-refractivity contribution in [2.24, 2.45) is 0 Å². The minimum absolute atomic E-state index is 0.0182. The Morgan fingerprint density at radius 3 is 2.38 bits per heavy atom. The molecular formula is C18H16O6. The van der Waals surface area contributed by atoms with Crippen molar-refractivity contribution in [2.45, 2.75) is 19.8 Å². The number of phenolic OH excluding ortho intramolecular Hbond substituents is 4. The van der Waals surface area contributed by atoms with Crippen molar-refractivity contribution < 1.29 is 24.8 Å². The van der Waals surface area contributed by atoms with Crippen LogP contribution in [0.1, 0.15) is 18.9 Å². The maximum Gasteiger partial charge on any atom is 0.204 e. The molecule has 0 aliphatic rings. The van der Waals surface area contributed by atoms with Crippen molar-refractivity contribution in [1.29, 1.82) is 0 Å². The van der Waals surface area contributed by atoms with Crippen molar-refractivity contribution in [3.8, 4) is 23.0 Å². The molecule has 6 nitrogen and oxygen atoms in total. The number of phenols is 4. The van der Waals surface area contributed by atoms with Crippen LogP contribution in [0.5, 0.6) is 23.0 Å². The normalized spacial score (nSPS) is 11.2. The highest BCUT2D eigenvalue weighted by atomic mass is 16.3. The summed E-state index contributed by atoms with van der Waals surface area (Å²) < 4.78 is 5.67. The van der Waals surface area contributed by atoms with Crippen molar-refractivity contribution in [2.75, 3.05) is 0 Å². The lowest BCUT2D eigenvalue weighted by molar-refractivity contribution is 0.404. The van der Waals surface area contributed by atoms with Crippen LogP contribution in [0.2, 0.25) is 0 Å². The summed E-state index contributed by atoms with van der Waals surface area (Å²) in [6, 6.07) is 3.30. The van der Waals surface area contributed by atoms with E-state index in [1.165, 1.54) is 0 Å². The van der Waals surface area contributed by atoms with Crippen molar-refractivity contribution in [3.63, 3.8) is 0 Å². The van der Waals surface area contributed by atoms with Gasteiger partial charge in [0.15, 0.2) is 11.5 Å². The van der Waals surface area contributed by atoms with Gasteiger partial charge in [0.1, 0.15) is 28.1 Å². The van der Waals surface area contributed by atoms with E-state index in [2.05, 4.69) is 6.58 Å². The van der Waals surface area contributed by atoms with E-state index >= 15 is 0 Å². The van der Waals surface area contributed by atoms with Gasteiger partial charge >= 0.3 is 0 Å². The molecule has 4 N–H and O–H groups in total. The van der Waals surface area contributed by atoms with E-state index < -0.39 is 22.7 Å². The number of allylic oxidation sites excluding steroid dienone is 1. The van der Waals surface area contributed by atoms with Crippen LogP contribution in [0.25, 0.3) is 21.9 Å². The van der Waals surface area contributed by atoms with Crippen LogP contribution < -0.4 is 5.43 Å². The SMILES string of the molecule is C=C(C)CCc1c(O)cc(O)c2c(=O)c3cc(O)c(O)cc3oc12. The number of fused-ring (bicyclic) bond motifs is 2. The molecule has 0 unspecified atom stereocenters. The Balaban J connectivity index is 2.43. The largest absolute Gasteiger partial charge is 0.507 e. The van der Waals surface area contributed by atoms with Gasteiger partial charge in [-0.3, -0.25) is 4.79 Å². The molecule has 0 aliphatic carbocycles. The summed E-state index contributed by atoms with van der Waals surface area (Å²) in [7, 11) is 0. The maximum atomic E-state index is 12.7. The van der Waals surface area contributed by atoms with Gasteiger partial charge in [0.05, 0.1) is 5.39 Å². The summed E-state index contributed by atoms with van der Waals surface area (Å²) in [6.07, 6.45) is 0.937. The third kappa shape index (κ3) is 2.42. The highest BCUT2D eigenvalue weighted by Gasteiger charge is 2.19. The molecular weight excluding hydrogens is 312 g/mol.